The number of hydrogen-bond acceptors (Lipinski definition) is 4. The summed E-state index contributed by atoms with van der Waals surface area (Å²) >= 11 is 13.8. The van der Waals surface area contributed by atoms with Crippen LogP contribution >= 0.6 is 35.0 Å². The van der Waals surface area contributed by atoms with Crippen LogP contribution in [0.5, 0.6) is 0 Å². The van der Waals surface area contributed by atoms with Crippen LogP contribution in [0.4, 0.5) is 0 Å². The molecule has 0 spiro atoms. The van der Waals surface area contributed by atoms with Crippen molar-refractivity contribution in [3.8, 4) is 0 Å². The van der Waals surface area contributed by atoms with Crippen LogP contribution in [0, 0.1) is 5.92 Å². The molecule has 4 aromatic rings. The number of fused-ring (bicyclic) bond motifs is 3. The lowest BCUT2D eigenvalue weighted by atomic mass is 10.2. The predicted molar refractivity (Wildman–Crippen MR) is 116 cm³/mol. The molecule has 2 heterocycles. The molecular formula is C20H18Cl2N4OS. The van der Waals surface area contributed by atoms with Gasteiger partial charge in [-0.25, -0.2) is 0 Å². The molecule has 4 rings (SSSR count). The fourth-order valence-corrected chi connectivity index (χ4v) is 4.42. The first-order valence-corrected chi connectivity index (χ1v) is 10.6. The van der Waals surface area contributed by atoms with E-state index >= 15 is 0 Å². The highest BCUT2D eigenvalue weighted by molar-refractivity contribution is 7.98. The molecule has 0 amide bonds. The molecule has 2 aromatic heterocycles. The Kier molecular flexibility index (Phi) is 5.36. The van der Waals surface area contributed by atoms with Gasteiger partial charge in [-0.05, 0) is 41.8 Å². The van der Waals surface area contributed by atoms with Gasteiger partial charge in [0, 0.05) is 22.3 Å². The van der Waals surface area contributed by atoms with Gasteiger partial charge in [-0.2, -0.15) is 0 Å². The Balaban J connectivity index is 1.87. The molecule has 0 aliphatic carbocycles. The third kappa shape index (κ3) is 3.64. The van der Waals surface area contributed by atoms with E-state index in [1.807, 2.05) is 34.7 Å². The average molecular weight is 433 g/mol. The summed E-state index contributed by atoms with van der Waals surface area (Å²) in [6.07, 6.45) is 0. The van der Waals surface area contributed by atoms with Crippen molar-refractivity contribution in [3.63, 3.8) is 0 Å². The number of aromatic nitrogens is 4. The first kappa shape index (κ1) is 19.3. The second-order valence-corrected chi connectivity index (χ2v) is 8.82. The maximum atomic E-state index is 13.1. The Hall–Kier alpha value is -2.02. The molecule has 0 fully saturated rings. The second-order valence-electron chi connectivity index (χ2n) is 7.01. The van der Waals surface area contributed by atoms with Crippen LogP contribution in [0.1, 0.15) is 19.4 Å². The molecule has 0 saturated carbocycles. The normalized spacial score (nSPS) is 11.8. The van der Waals surface area contributed by atoms with Crippen LogP contribution in [0.3, 0.4) is 0 Å². The van der Waals surface area contributed by atoms with Crippen molar-refractivity contribution in [2.45, 2.75) is 31.3 Å². The summed E-state index contributed by atoms with van der Waals surface area (Å²) in [6.45, 7) is 4.69. The molecule has 0 N–H and O–H groups in total. The van der Waals surface area contributed by atoms with Crippen molar-refractivity contribution in [2.75, 3.05) is 0 Å². The number of nitrogens with zero attached hydrogens (tertiary/aromatic N) is 4. The average Bonchev–Trinajstić information content (AvgIpc) is 3.07. The summed E-state index contributed by atoms with van der Waals surface area (Å²) in [5, 5.41) is 11.2. The Morgan fingerprint density at radius 2 is 1.86 bits per heavy atom. The zero-order valence-corrected chi connectivity index (χ0v) is 17.7. The lowest BCUT2D eigenvalue weighted by Crippen LogP contribution is -2.25. The molecule has 144 valence electrons. The molecule has 0 atom stereocenters. The maximum Gasteiger partial charge on any atom is 0.262 e. The largest absolute Gasteiger partial charge is 0.276 e. The predicted octanol–water partition coefficient (Wildman–Crippen LogP) is 5.30. The summed E-state index contributed by atoms with van der Waals surface area (Å²) < 4.78 is 3.62. The summed E-state index contributed by atoms with van der Waals surface area (Å²) in [4.78, 5) is 13.1. The highest BCUT2D eigenvalue weighted by Crippen LogP contribution is 2.26. The summed E-state index contributed by atoms with van der Waals surface area (Å²) in [6, 6.07) is 13.1. The van der Waals surface area contributed by atoms with Gasteiger partial charge in [-0.3, -0.25) is 13.8 Å². The number of benzene rings is 2. The van der Waals surface area contributed by atoms with Gasteiger partial charge in [0.15, 0.2) is 5.16 Å². The first-order chi connectivity index (χ1) is 13.4. The number of halogens is 2. The van der Waals surface area contributed by atoms with E-state index in [9.17, 15) is 4.79 Å². The minimum Gasteiger partial charge on any atom is -0.276 e. The van der Waals surface area contributed by atoms with E-state index in [-0.39, 0.29) is 11.5 Å². The third-order valence-electron chi connectivity index (χ3n) is 4.34. The van der Waals surface area contributed by atoms with Gasteiger partial charge in [0.2, 0.25) is 5.78 Å². The molecule has 0 unspecified atom stereocenters. The highest BCUT2D eigenvalue weighted by atomic mass is 35.5. The van der Waals surface area contributed by atoms with Gasteiger partial charge in [-0.1, -0.05) is 60.9 Å². The molecule has 0 saturated heterocycles. The zero-order chi connectivity index (χ0) is 19.8. The molecule has 28 heavy (non-hydrogen) atoms. The van der Waals surface area contributed by atoms with E-state index in [0.29, 0.717) is 33.5 Å². The third-order valence-corrected chi connectivity index (χ3v) is 5.81. The standard InChI is InChI=1S/C20H18Cl2N4OS/c1-12(2)10-25-18(27)16-9-15(22)6-7-17(16)26-19(25)23-24-20(26)28-11-13-4-3-5-14(21)8-13/h3-9,12H,10-11H2,1-2H3. The molecule has 8 heteroatoms. The fourth-order valence-electron chi connectivity index (χ4n) is 3.16. The van der Waals surface area contributed by atoms with Crippen LogP contribution in [0.15, 0.2) is 52.4 Å². The van der Waals surface area contributed by atoms with Crippen molar-refractivity contribution >= 4 is 51.6 Å². The van der Waals surface area contributed by atoms with Gasteiger partial charge in [0.1, 0.15) is 0 Å². The SMILES string of the molecule is CC(C)Cn1c(=O)c2cc(Cl)ccc2n2c(SCc3cccc(Cl)c3)nnc12. The molecule has 0 bridgehead atoms. The zero-order valence-electron chi connectivity index (χ0n) is 15.4. The topological polar surface area (TPSA) is 52.2 Å². The Bertz CT molecular complexity index is 1230. The molecule has 0 aliphatic heterocycles. The number of thioether (sulfide) groups is 1. The van der Waals surface area contributed by atoms with Gasteiger partial charge >= 0.3 is 0 Å². The van der Waals surface area contributed by atoms with E-state index in [4.69, 9.17) is 23.2 Å². The first-order valence-electron chi connectivity index (χ1n) is 8.88. The van der Waals surface area contributed by atoms with E-state index < -0.39 is 0 Å². The van der Waals surface area contributed by atoms with Crippen LogP contribution < -0.4 is 5.56 Å². The number of hydrogen-bond donors (Lipinski definition) is 0. The van der Waals surface area contributed by atoms with Gasteiger partial charge < -0.3 is 0 Å². The quantitative estimate of drug-likeness (QED) is 0.401. The fraction of sp³-hybridized carbons (Fsp3) is 0.250. The van der Waals surface area contributed by atoms with Crippen LogP contribution in [-0.4, -0.2) is 19.2 Å². The van der Waals surface area contributed by atoms with Gasteiger partial charge in [-0.15, -0.1) is 10.2 Å². The molecule has 0 radical (unpaired) electrons. The summed E-state index contributed by atoms with van der Waals surface area (Å²) in [5.74, 6) is 1.53. The van der Waals surface area contributed by atoms with Crippen molar-refractivity contribution in [1.82, 2.24) is 19.2 Å². The lowest BCUT2D eigenvalue weighted by Gasteiger charge is -2.13. The van der Waals surface area contributed by atoms with Crippen LogP contribution in [-0.2, 0) is 12.3 Å². The summed E-state index contributed by atoms with van der Waals surface area (Å²) in [5.41, 5.74) is 1.75. The van der Waals surface area contributed by atoms with E-state index in [1.165, 1.54) is 0 Å². The molecule has 5 nitrogen and oxygen atoms in total. The second kappa shape index (κ2) is 7.78. The van der Waals surface area contributed by atoms with Crippen molar-refractivity contribution < 1.29 is 0 Å². The summed E-state index contributed by atoms with van der Waals surface area (Å²) in [7, 11) is 0. The van der Waals surface area contributed by atoms with Crippen LogP contribution in [0.25, 0.3) is 16.7 Å². The minimum absolute atomic E-state index is 0.0995. The van der Waals surface area contributed by atoms with Crippen molar-refractivity contribution in [3.05, 3.63) is 68.4 Å². The Labute approximate surface area is 176 Å². The van der Waals surface area contributed by atoms with Gasteiger partial charge in [0.25, 0.3) is 5.56 Å². The Morgan fingerprint density at radius 1 is 1.07 bits per heavy atom. The van der Waals surface area contributed by atoms with Crippen molar-refractivity contribution in [1.29, 1.82) is 0 Å². The minimum atomic E-state index is -0.0995. The monoisotopic (exact) mass is 432 g/mol. The van der Waals surface area contributed by atoms with E-state index in [0.717, 1.165) is 16.2 Å². The number of rotatable bonds is 5. The van der Waals surface area contributed by atoms with Crippen LogP contribution in [0.2, 0.25) is 10.0 Å². The molecule has 2 aromatic carbocycles. The highest BCUT2D eigenvalue weighted by Gasteiger charge is 2.18. The maximum absolute atomic E-state index is 13.1. The van der Waals surface area contributed by atoms with Crippen molar-refractivity contribution in [2.24, 2.45) is 5.92 Å². The van der Waals surface area contributed by atoms with E-state index in [1.54, 1.807) is 28.5 Å². The smallest absolute Gasteiger partial charge is 0.262 e. The molecular weight excluding hydrogens is 415 g/mol. The molecule has 0 aliphatic rings. The van der Waals surface area contributed by atoms with E-state index in [2.05, 4.69) is 24.0 Å². The Morgan fingerprint density at radius 3 is 2.61 bits per heavy atom. The lowest BCUT2D eigenvalue weighted by molar-refractivity contribution is 0.517. The van der Waals surface area contributed by atoms with Gasteiger partial charge in [0.05, 0.1) is 10.9 Å².